The first kappa shape index (κ1) is 15.9. The highest BCUT2D eigenvalue weighted by molar-refractivity contribution is 6.32. The molecule has 0 aromatic heterocycles. The van der Waals surface area contributed by atoms with Gasteiger partial charge in [0.2, 0.25) is 5.91 Å². The highest BCUT2D eigenvalue weighted by atomic mass is 35.5. The predicted molar refractivity (Wildman–Crippen MR) is 76.1 cm³/mol. The van der Waals surface area contributed by atoms with Crippen molar-refractivity contribution in [2.45, 2.75) is 25.8 Å². The summed E-state index contributed by atoms with van der Waals surface area (Å²) in [5, 5.41) is 9.34. The Morgan fingerprint density at radius 1 is 1.53 bits per heavy atom. The maximum atomic E-state index is 11.7. The van der Waals surface area contributed by atoms with Crippen LogP contribution in [0.4, 0.5) is 0 Å². The van der Waals surface area contributed by atoms with E-state index in [2.05, 4.69) is 0 Å². The molecule has 0 aliphatic carbocycles. The summed E-state index contributed by atoms with van der Waals surface area (Å²) in [7, 11) is 1.66. The normalized spacial score (nSPS) is 12.1. The number of halogens is 2. The number of carbonyl (C=O) groups excluding carboxylic acids is 1. The molecule has 0 saturated carbocycles. The third-order valence-electron chi connectivity index (χ3n) is 2.52. The number of amides is 1. The van der Waals surface area contributed by atoms with Crippen LogP contribution in [0.15, 0.2) is 12.1 Å². The van der Waals surface area contributed by atoms with Gasteiger partial charge in [-0.1, -0.05) is 11.6 Å². The summed E-state index contributed by atoms with van der Waals surface area (Å²) in [6, 6.07) is 3.26. The SMILES string of the molecule is CCOc1cc(CN(C)C(=O)C(C)Cl)cc(Cl)c1O. The van der Waals surface area contributed by atoms with Crippen LogP contribution in [0.1, 0.15) is 19.4 Å². The summed E-state index contributed by atoms with van der Waals surface area (Å²) in [6.07, 6.45) is 0. The molecule has 0 heterocycles. The highest BCUT2D eigenvalue weighted by Crippen LogP contribution is 2.35. The van der Waals surface area contributed by atoms with Crippen molar-refractivity contribution in [1.29, 1.82) is 0 Å². The first-order valence-corrected chi connectivity index (χ1v) is 6.71. The van der Waals surface area contributed by atoms with E-state index in [1.54, 1.807) is 26.1 Å². The number of benzene rings is 1. The van der Waals surface area contributed by atoms with Crippen LogP contribution in [0.25, 0.3) is 0 Å². The molecule has 0 aliphatic heterocycles. The lowest BCUT2D eigenvalue weighted by molar-refractivity contribution is -0.129. The summed E-state index contributed by atoms with van der Waals surface area (Å²) in [6.45, 7) is 4.19. The van der Waals surface area contributed by atoms with Crippen LogP contribution >= 0.6 is 23.2 Å². The van der Waals surface area contributed by atoms with E-state index in [1.165, 1.54) is 4.90 Å². The van der Waals surface area contributed by atoms with Gasteiger partial charge in [-0.15, -0.1) is 11.6 Å². The van der Waals surface area contributed by atoms with Crippen LogP contribution < -0.4 is 4.74 Å². The van der Waals surface area contributed by atoms with Crippen LogP contribution in [0.2, 0.25) is 5.02 Å². The van der Waals surface area contributed by atoms with Crippen LogP contribution in [-0.2, 0) is 11.3 Å². The summed E-state index contributed by atoms with van der Waals surface area (Å²) < 4.78 is 5.28. The van der Waals surface area contributed by atoms with Gasteiger partial charge >= 0.3 is 0 Å². The van der Waals surface area contributed by atoms with Crippen molar-refractivity contribution in [1.82, 2.24) is 4.90 Å². The minimum absolute atomic E-state index is 0.0908. The molecule has 1 aromatic rings. The average Bonchev–Trinajstić information content (AvgIpc) is 2.34. The molecule has 0 saturated heterocycles. The van der Waals surface area contributed by atoms with Gasteiger partial charge in [0.1, 0.15) is 5.38 Å². The second-order valence-corrected chi connectivity index (χ2v) is 5.23. The third-order valence-corrected chi connectivity index (χ3v) is 3.00. The number of phenols is 1. The van der Waals surface area contributed by atoms with Crippen molar-refractivity contribution < 1.29 is 14.6 Å². The molecular weight excluding hydrogens is 289 g/mol. The number of phenolic OH excluding ortho intramolecular Hbond substituents is 1. The van der Waals surface area contributed by atoms with Gasteiger partial charge in [0.15, 0.2) is 11.5 Å². The summed E-state index contributed by atoms with van der Waals surface area (Å²) in [4.78, 5) is 13.2. The molecule has 0 spiro atoms. The molecule has 6 heteroatoms. The third kappa shape index (κ3) is 4.18. The molecule has 1 aromatic carbocycles. The molecule has 1 amide bonds. The number of hydrogen-bond acceptors (Lipinski definition) is 3. The Bertz CT molecular complexity index is 463. The lowest BCUT2D eigenvalue weighted by Crippen LogP contribution is -2.31. The van der Waals surface area contributed by atoms with E-state index >= 15 is 0 Å². The standard InChI is InChI=1S/C13H17Cl2NO3/c1-4-19-11-6-9(5-10(15)12(11)17)7-16(3)13(18)8(2)14/h5-6,8,17H,4,7H2,1-3H3. The predicted octanol–water partition coefficient (Wildman–Crippen LogP) is 3.03. The molecule has 1 N–H and O–H groups in total. The van der Waals surface area contributed by atoms with Crippen molar-refractivity contribution in [3.8, 4) is 11.5 Å². The topological polar surface area (TPSA) is 49.8 Å². The number of ether oxygens (including phenoxy) is 1. The first-order chi connectivity index (χ1) is 8.86. The van der Waals surface area contributed by atoms with Gasteiger partial charge in [-0.25, -0.2) is 0 Å². The van der Waals surface area contributed by atoms with E-state index in [9.17, 15) is 9.90 Å². The molecule has 0 bridgehead atoms. The minimum Gasteiger partial charge on any atom is -0.503 e. The van der Waals surface area contributed by atoms with Gasteiger partial charge in [0, 0.05) is 13.6 Å². The summed E-state index contributed by atoms with van der Waals surface area (Å²) in [5.41, 5.74) is 0.763. The number of alkyl halides is 1. The molecule has 1 unspecified atom stereocenters. The molecular formula is C13H17Cl2NO3. The van der Waals surface area contributed by atoms with E-state index in [-0.39, 0.29) is 16.7 Å². The van der Waals surface area contributed by atoms with Crippen molar-refractivity contribution in [2.24, 2.45) is 0 Å². The second kappa shape index (κ2) is 6.87. The monoisotopic (exact) mass is 305 g/mol. The lowest BCUT2D eigenvalue weighted by Gasteiger charge is -2.19. The Morgan fingerprint density at radius 3 is 2.68 bits per heavy atom. The fraction of sp³-hybridized carbons (Fsp3) is 0.462. The molecule has 19 heavy (non-hydrogen) atoms. The van der Waals surface area contributed by atoms with Crippen LogP contribution in [0.3, 0.4) is 0 Å². The lowest BCUT2D eigenvalue weighted by atomic mass is 10.2. The smallest absolute Gasteiger partial charge is 0.240 e. The highest BCUT2D eigenvalue weighted by Gasteiger charge is 2.16. The van der Waals surface area contributed by atoms with E-state index in [4.69, 9.17) is 27.9 Å². The number of aromatic hydroxyl groups is 1. The molecule has 1 atom stereocenters. The maximum absolute atomic E-state index is 11.7. The van der Waals surface area contributed by atoms with Crippen molar-refractivity contribution in [3.05, 3.63) is 22.7 Å². The van der Waals surface area contributed by atoms with Gasteiger partial charge < -0.3 is 14.7 Å². The van der Waals surface area contributed by atoms with Gasteiger partial charge in [0.05, 0.1) is 11.6 Å². The number of nitrogens with zero attached hydrogens (tertiary/aromatic N) is 1. The number of carbonyl (C=O) groups is 1. The van der Waals surface area contributed by atoms with E-state index in [0.717, 1.165) is 5.56 Å². The fourth-order valence-corrected chi connectivity index (χ4v) is 2.04. The second-order valence-electron chi connectivity index (χ2n) is 4.17. The zero-order valence-corrected chi connectivity index (χ0v) is 12.6. The zero-order chi connectivity index (χ0) is 14.6. The van der Waals surface area contributed by atoms with Gasteiger partial charge in [0.25, 0.3) is 0 Å². The van der Waals surface area contributed by atoms with Gasteiger partial charge in [-0.3, -0.25) is 4.79 Å². The van der Waals surface area contributed by atoms with Gasteiger partial charge in [-0.2, -0.15) is 0 Å². The summed E-state index contributed by atoms with van der Waals surface area (Å²) in [5.74, 6) is 0.0422. The largest absolute Gasteiger partial charge is 0.503 e. The Morgan fingerprint density at radius 2 is 2.16 bits per heavy atom. The molecule has 0 aliphatic rings. The quantitative estimate of drug-likeness (QED) is 0.851. The van der Waals surface area contributed by atoms with E-state index in [1.807, 2.05) is 6.92 Å². The minimum atomic E-state index is -0.580. The van der Waals surface area contributed by atoms with Crippen LogP contribution in [0, 0.1) is 0 Å². The Hall–Kier alpha value is -1.13. The van der Waals surface area contributed by atoms with Crippen molar-refractivity contribution >= 4 is 29.1 Å². The van der Waals surface area contributed by atoms with Crippen molar-refractivity contribution in [2.75, 3.05) is 13.7 Å². The first-order valence-electron chi connectivity index (χ1n) is 5.90. The Kier molecular flexibility index (Phi) is 5.76. The number of hydrogen-bond donors (Lipinski definition) is 1. The van der Waals surface area contributed by atoms with E-state index in [0.29, 0.717) is 18.9 Å². The fourth-order valence-electron chi connectivity index (χ4n) is 1.64. The molecule has 106 valence electrons. The average molecular weight is 306 g/mol. The molecule has 4 nitrogen and oxygen atoms in total. The summed E-state index contributed by atoms with van der Waals surface area (Å²) >= 11 is 11.7. The Balaban J connectivity index is 2.93. The maximum Gasteiger partial charge on any atom is 0.240 e. The van der Waals surface area contributed by atoms with Crippen molar-refractivity contribution in [3.63, 3.8) is 0 Å². The van der Waals surface area contributed by atoms with Crippen LogP contribution in [0.5, 0.6) is 11.5 Å². The molecule has 0 fully saturated rings. The van der Waals surface area contributed by atoms with Crippen LogP contribution in [-0.4, -0.2) is 34.9 Å². The molecule has 0 radical (unpaired) electrons. The molecule has 1 rings (SSSR count). The van der Waals surface area contributed by atoms with E-state index < -0.39 is 5.38 Å². The Labute approximate surface area is 122 Å². The number of rotatable bonds is 5. The zero-order valence-electron chi connectivity index (χ0n) is 11.1. The van der Waals surface area contributed by atoms with Gasteiger partial charge in [-0.05, 0) is 31.5 Å².